The van der Waals surface area contributed by atoms with Crippen LogP contribution in [-0.4, -0.2) is 35.1 Å². The van der Waals surface area contributed by atoms with E-state index in [2.05, 4.69) is 0 Å². The van der Waals surface area contributed by atoms with Crippen LogP contribution >= 0.6 is 11.6 Å². The molecule has 1 aromatic carbocycles. The summed E-state index contributed by atoms with van der Waals surface area (Å²) in [7, 11) is 0. The minimum Gasteiger partial charge on any atom is -0.394 e. The predicted octanol–water partition coefficient (Wildman–Crippen LogP) is 1.87. The van der Waals surface area contributed by atoms with Crippen molar-refractivity contribution >= 4 is 17.5 Å². The van der Waals surface area contributed by atoms with E-state index in [0.717, 1.165) is 24.9 Å². The summed E-state index contributed by atoms with van der Waals surface area (Å²) in [4.78, 5) is 13.8. The standard InChI is InChI=1S/C13H16ClNO2/c14-11-4-1-3-10(7-11)8-13(17)15-6-2-5-12(15)9-16/h1,3-4,7,12,16H,2,5-6,8-9H2. The lowest BCUT2D eigenvalue weighted by atomic mass is 10.1. The van der Waals surface area contributed by atoms with Crippen LogP contribution in [0.5, 0.6) is 0 Å². The monoisotopic (exact) mass is 253 g/mol. The first-order chi connectivity index (χ1) is 8.20. The molecule has 17 heavy (non-hydrogen) atoms. The van der Waals surface area contributed by atoms with Crippen LogP contribution in [0, 0.1) is 0 Å². The van der Waals surface area contributed by atoms with Crippen LogP contribution in [0.1, 0.15) is 18.4 Å². The highest BCUT2D eigenvalue weighted by atomic mass is 35.5. The fourth-order valence-corrected chi connectivity index (χ4v) is 2.49. The highest BCUT2D eigenvalue weighted by Crippen LogP contribution is 2.19. The number of hydrogen-bond acceptors (Lipinski definition) is 2. The first kappa shape index (κ1) is 12.4. The first-order valence-electron chi connectivity index (χ1n) is 5.85. The third-order valence-electron chi connectivity index (χ3n) is 3.15. The fraction of sp³-hybridized carbons (Fsp3) is 0.462. The molecule has 0 aliphatic carbocycles. The van der Waals surface area contributed by atoms with Crippen LogP contribution in [0.4, 0.5) is 0 Å². The number of halogens is 1. The average Bonchev–Trinajstić information content (AvgIpc) is 2.77. The van der Waals surface area contributed by atoms with Crippen molar-refractivity contribution < 1.29 is 9.90 Å². The molecule has 1 N–H and O–H groups in total. The molecular formula is C13H16ClNO2. The molecule has 3 nitrogen and oxygen atoms in total. The van der Waals surface area contributed by atoms with Crippen molar-refractivity contribution in [2.24, 2.45) is 0 Å². The maximum Gasteiger partial charge on any atom is 0.227 e. The summed E-state index contributed by atoms with van der Waals surface area (Å²) in [6.07, 6.45) is 2.24. The molecule has 1 aromatic rings. The molecule has 1 aliphatic heterocycles. The number of aliphatic hydroxyl groups excluding tert-OH is 1. The number of carbonyl (C=O) groups is 1. The molecule has 1 saturated heterocycles. The zero-order valence-electron chi connectivity index (χ0n) is 9.60. The molecule has 0 aromatic heterocycles. The van der Waals surface area contributed by atoms with Gasteiger partial charge in [-0.1, -0.05) is 23.7 Å². The van der Waals surface area contributed by atoms with Crippen molar-refractivity contribution in [1.82, 2.24) is 4.90 Å². The van der Waals surface area contributed by atoms with E-state index < -0.39 is 0 Å². The Bertz CT molecular complexity index is 408. The summed E-state index contributed by atoms with van der Waals surface area (Å²) in [6.45, 7) is 0.811. The van der Waals surface area contributed by atoms with Gasteiger partial charge < -0.3 is 10.0 Å². The Kier molecular flexibility index (Phi) is 4.02. The number of aliphatic hydroxyl groups is 1. The van der Waals surface area contributed by atoms with Crippen LogP contribution in [0.2, 0.25) is 5.02 Å². The van der Waals surface area contributed by atoms with Crippen molar-refractivity contribution in [3.63, 3.8) is 0 Å². The van der Waals surface area contributed by atoms with Crippen LogP contribution in [-0.2, 0) is 11.2 Å². The van der Waals surface area contributed by atoms with Crippen molar-refractivity contribution in [3.8, 4) is 0 Å². The van der Waals surface area contributed by atoms with E-state index in [1.165, 1.54) is 0 Å². The van der Waals surface area contributed by atoms with Crippen LogP contribution in [0.15, 0.2) is 24.3 Å². The molecule has 0 spiro atoms. The lowest BCUT2D eigenvalue weighted by Crippen LogP contribution is -2.38. The number of hydrogen-bond donors (Lipinski definition) is 1. The van der Waals surface area contributed by atoms with Gasteiger partial charge in [0, 0.05) is 11.6 Å². The second kappa shape index (κ2) is 5.52. The molecule has 92 valence electrons. The first-order valence-corrected chi connectivity index (χ1v) is 6.23. The van der Waals surface area contributed by atoms with E-state index in [4.69, 9.17) is 11.6 Å². The Morgan fingerprint density at radius 2 is 2.35 bits per heavy atom. The summed E-state index contributed by atoms with van der Waals surface area (Å²) in [5.74, 6) is 0.0730. The van der Waals surface area contributed by atoms with Crippen molar-refractivity contribution in [1.29, 1.82) is 0 Å². The highest BCUT2D eigenvalue weighted by Gasteiger charge is 2.27. The quantitative estimate of drug-likeness (QED) is 0.893. The molecule has 1 fully saturated rings. The molecule has 1 aliphatic rings. The topological polar surface area (TPSA) is 40.5 Å². The normalized spacial score (nSPS) is 19.6. The van der Waals surface area contributed by atoms with Gasteiger partial charge in [-0.3, -0.25) is 4.79 Å². The van der Waals surface area contributed by atoms with Gasteiger partial charge in [-0.2, -0.15) is 0 Å². The second-order valence-electron chi connectivity index (χ2n) is 4.37. The van der Waals surface area contributed by atoms with Crippen molar-refractivity contribution in [3.05, 3.63) is 34.9 Å². The third kappa shape index (κ3) is 2.99. The summed E-state index contributed by atoms with van der Waals surface area (Å²) in [6, 6.07) is 7.35. The average molecular weight is 254 g/mol. The van der Waals surface area contributed by atoms with Crippen LogP contribution in [0.3, 0.4) is 0 Å². The minimum atomic E-state index is 0.00156. The molecule has 1 atom stereocenters. The SMILES string of the molecule is O=C(Cc1cccc(Cl)c1)N1CCCC1CO. The lowest BCUT2D eigenvalue weighted by molar-refractivity contribution is -0.131. The van der Waals surface area contributed by atoms with Gasteiger partial charge in [0.1, 0.15) is 0 Å². The Hall–Kier alpha value is -1.06. The number of amides is 1. The Morgan fingerprint density at radius 3 is 3.06 bits per heavy atom. The smallest absolute Gasteiger partial charge is 0.227 e. The maximum atomic E-state index is 12.1. The maximum absolute atomic E-state index is 12.1. The van der Waals surface area contributed by atoms with Gasteiger partial charge in [0.2, 0.25) is 5.91 Å². The van der Waals surface area contributed by atoms with Crippen molar-refractivity contribution in [2.75, 3.05) is 13.2 Å². The van der Waals surface area contributed by atoms with Gasteiger partial charge >= 0.3 is 0 Å². The van der Waals surface area contributed by atoms with E-state index in [9.17, 15) is 9.90 Å². The van der Waals surface area contributed by atoms with Crippen LogP contribution < -0.4 is 0 Å². The lowest BCUT2D eigenvalue weighted by Gasteiger charge is -2.23. The van der Waals surface area contributed by atoms with E-state index in [0.29, 0.717) is 11.4 Å². The summed E-state index contributed by atoms with van der Waals surface area (Å²) < 4.78 is 0. The van der Waals surface area contributed by atoms with Gasteiger partial charge in [-0.15, -0.1) is 0 Å². The highest BCUT2D eigenvalue weighted by molar-refractivity contribution is 6.30. The Labute approximate surface area is 106 Å². The zero-order chi connectivity index (χ0) is 12.3. The predicted molar refractivity (Wildman–Crippen MR) is 67.0 cm³/mol. The molecule has 4 heteroatoms. The number of benzene rings is 1. The fourth-order valence-electron chi connectivity index (χ4n) is 2.28. The van der Waals surface area contributed by atoms with Gasteiger partial charge in [-0.25, -0.2) is 0 Å². The second-order valence-corrected chi connectivity index (χ2v) is 4.81. The molecular weight excluding hydrogens is 238 g/mol. The van der Waals surface area contributed by atoms with Crippen molar-refractivity contribution in [2.45, 2.75) is 25.3 Å². The van der Waals surface area contributed by atoms with Gasteiger partial charge in [0.05, 0.1) is 19.1 Å². The van der Waals surface area contributed by atoms with Gasteiger partial charge in [0.25, 0.3) is 0 Å². The number of carbonyl (C=O) groups excluding carboxylic acids is 1. The zero-order valence-corrected chi connectivity index (χ0v) is 10.4. The Balaban J connectivity index is 2.01. The largest absolute Gasteiger partial charge is 0.394 e. The van der Waals surface area contributed by atoms with Gasteiger partial charge in [-0.05, 0) is 30.5 Å². The summed E-state index contributed by atoms with van der Waals surface area (Å²) in [5.41, 5.74) is 0.922. The van der Waals surface area contributed by atoms with E-state index in [-0.39, 0.29) is 18.6 Å². The molecule has 0 saturated carbocycles. The van der Waals surface area contributed by atoms with E-state index >= 15 is 0 Å². The number of likely N-dealkylation sites (tertiary alicyclic amines) is 1. The summed E-state index contributed by atoms with van der Waals surface area (Å²) in [5, 5.41) is 9.83. The number of nitrogens with zero attached hydrogens (tertiary/aromatic N) is 1. The van der Waals surface area contributed by atoms with E-state index in [1.807, 2.05) is 18.2 Å². The molecule has 0 bridgehead atoms. The Morgan fingerprint density at radius 1 is 1.53 bits per heavy atom. The van der Waals surface area contributed by atoms with Gasteiger partial charge in [0.15, 0.2) is 0 Å². The van der Waals surface area contributed by atoms with Crippen LogP contribution in [0.25, 0.3) is 0 Å². The molecule has 0 radical (unpaired) electrons. The number of rotatable bonds is 3. The molecule has 1 amide bonds. The molecule has 1 unspecified atom stereocenters. The summed E-state index contributed by atoms with van der Waals surface area (Å²) >= 11 is 5.88. The molecule has 2 rings (SSSR count). The van der Waals surface area contributed by atoms with E-state index in [1.54, 1.807) is 11.0 Å². The minimum absolute atomic E-state index is 0.00156. The molecule has 1 heterocycles. The third-order valence-corrected chi connectivity index (χ3v) is 3.39.